The van der Waals surface area contributed by atoms with Gasteiger partial charge < -0.3 is 15.2 Å². The van der Waals surface area contributed by atoms with Gasteiger partial charge in [-0.15, -0.1) is 11.8 Å². The van der Waals surface area contributed by atoms with E-state index < -0.39 is 11.9 Å². The summed E-state index contributed by atoms with van der Waals surface area (Å²) in [5.74, 6) is -0.0532. The van der Waals surface area contributed by atoms with Gasteiger partial charge in [-0.3, -0.25) is 0 Å². The van der Waals surface area contributed by atoms with Crippen molar-refractivity contribution < 1.29 is 22.6 Å². The summed E-state index contributed by atoms with van der Waals surface area (Å²) in [6.07, 6.45) is -3.67. The summed E-state index contributed by atoms with van der Waals surface area (Å²) in [6, 6.07) is 3.16. The molecule has 0 bridgehead atoms. The van der Waals surface area contributed by atoms with E-state index >= 15 is 0 Å². The van der Waals surface area contributed by atoms with Gasteiger partial charge in [0.05, 0.1) is 24.9 Å². The zero-order chi connectivity index (χ0) is 15.3. The Morgan fingerprint density at radius 1 is 1.20 bits per heavy atom. The Kier molecular flexibility index (Phi) is 6.01. The molecule has 20 heavy (non-hydrogen) atoms. The SMILES string of the molecule is COc1cc(SCC(F)(F)F)c(OC)cc1CC(C)N. The quantitative estimate of drug-likeness (QED) is 0.819. The van der Waals surface area contributed by atoms with Gasteiger partial charge in [-0.1, -0.05) is 0 Å². The number of ether oxygens (including phenoxy) is 2. The number of hydrogen-bond donors (Lipinski definition) is 1. The molecule has 0 heterocycles. The fraction of sp³-hybridized carbons (Fsp3) is 0.538. The van der Waals surface area contributed by atoms with Gasteiger partial charge in [-0.25, -0.2) is 0 Å². The summed E-state index contributed by atoms with van der Waals surface area (Å²) in [5.41, 5.74) is 6.56. The minimum Gasteiger partial charge on any atom is -0.496 e. The summed E-state index contributed by atoms with van der Waals surface area (Å²) in [7, 11) is 2.90. The second-order valence-corrected chi connectivity index (χ2v) is 5.42. The van der Waals surface area contributed by atoms with Crippen LogP contribution in [0.15, 0.2) is 17.0 Å². The molecular weight excluding hydrogens is 291 g/mol. The molecule has 1 rings (SSSR count). The predicted molar refractivity (Wildman–Crippen MR) is 73.7 cm³/mol. The van der Waals surface area contributed by atoms with Gasteiger partial charge in [0.15, 0.2) is 0 Å². The molecule has 1 aromatic rings. The molecule has 1 unspecified atom stereocenters. The molecule has 0 aliphatic rings. The second kappa shape index (κ2) is 7.08. The number of halogens is 3. The van der Waals surface area contributed by atoms with Crippen LogP contribution < -0.4 is 15.2 Å². The van der Waals surface area contributed by atoms with Crippen LogP contribution in [0.1, 0.15) is 12.5 Å². The van der Waals surface area contributed by atoms with Crippen LogP contribution in [0.3, 0.4) is 0 Å². The van der Waals surface area contributed by atoms with Crippen molar-refractivity contribution in [2.45, 2.75) is 30.5 Å². The lowest BCUT2D eigenvalue weighted by Crippen LogP contribution is -2.18. The molecule has 2 N–H and O–H groups in total. The number of benzene rings is 1. The Hall–Kier alpha value is -1.08. The zero-order valence-electron chi connectivity index (χ0n) is 11.6. The molecule has 0 aromatic heterocycles. The Morgan fingerprint density at radius 3 is 2.25 bits per heavy atom. The van der Waals surface area contributed by atoms with E-state index in [-0.39, 0.29) is 6.04 Å². The first-order chi connectivity index (χ1) is 9.26. The van der Waals surface area contributed by atoms with E-state index in [1.807, 2.05) is 6.92 Å². The van der Waals surface area contributed by atoms with E-state index in [0.29, 0.717) is 34.6 Å². The van der Waals surface area contributed by atoms with Crippen LogP contribution in [0.25, 0.3) is 0 Å². The second-order valence-electron chi connectivity index (χ2n) is 4.40. The summed E-state index contributed by atoms with van der Waals surface area (Å²) in [6.45, 7) is 1.85. The zero-order valence-corrected chi connectivity index (χ0v) is 12.4. The molecule has 1 atom stereocenters. The monoisotopic (exact) mass is 309 g/mol. The third-order valence-corrected chi connectivity index (χ3v) is 3.60. The van der Waals surface area contributed by atoms with Crippen molar-refractivity contribution in [1.29, 1.82) is 0 Å². The maximum absolute atomic E-state index is 12.3. The Bertz CT molecular complexity index is 450. The first-order valence-electron chi connectivity index (χ1n) is 5.97. The summed E-state index contributed by atoms with van der Waals surface area (Å²) in [5, 5.41) is 0. The highest BCUT2D eigenvalue weighted by molar-refractivity contribution is 7.99. The van der Waals surface area contributed by atoms with Crippen molar-refractivity contribution in [3.63, 3.8) is 0 Å². The van der Waals surface area contributed by atoms with Crippen LogP contribution in [-0.4, -0.2) is 32.2 Å². The van der Waals surface area contributed by atoms with Crippen molar-refractivity contribution in [2.75, 3.05) is 20.0 Å². The lowest BCUT2D eigenvalue weighted by molar-refractivity contribution is -0.105. The number of methoxy groups -OCH3 is 2. The molecule has 0 radical (unpaired) electrons. The fourth-order valence-corrected chi connectivity index (χ4v) is 2.51. The number of rotatable bonds is 6. The molecule has 3 nitrogen and oxygen atoms in total. The third kappa shape index (κ3) is 5.13. The number of nitrogens with two attached hydrogens (primary N) is 1. The highest BCUT2D eigenvalue weighted by Crippen LogP contribution is 2.38. The van der Waals surface area contributed by atoms with Crippen molar-refractivity contribution in [1.82, 2.24) is 0 Å². The molecule has 7 heteroatoms. The molecule has 0 aliphatic heterocycles. The normalized spacial score (nSPS) is 13.2. The minimum absolute atomic E-state index is 0.0812. The standard InChI is InChI=1S/C13H18F3NO2S/c1-8(17)4-9-5-11(19-3)12(6-10(9)18-2)20-7-13(14,15)16/h5-6,8H,4,7,17H2,1-3H3. The first-order valence-corrected chi connectivity index (χ1v) is 6.95. The van der Waals surface area contributed by atoms with E-state index in [1.54, 1.807) is 12.1 Å². The van der Waals surface area contributed by atoms with Crippen molar-refractivity contribution in [3.05, 3.63) is 17.7 Å². The van der Waals surface area contributed by atoms with Crippen LogP contribution in [0, 0.1) is 0 Å². The van der Waals surface area contributed by atoms with Crippen molar-refractivity contribution in [3.8, 4) is 11.5 Å². The largest absolute Gasteiger partial charge is 0.496 e. The molecule has 0 amide bonds. The fourth-order valence-electron chi connectivity index (χ4n) is 1.71. The van der Waals surface area contributed by atoms with E-state index in [9.17, 15) is 13.2 Å². The van der Waals surface area contributed by atoms with Gasteiger partial charge in [0, 0.05) is 6.04 Å². The Balaban J connectivity index is 3.05. The molecule has 0 spiro atoms. The number of alkyl halides is 3. The molecule has 0 saturated heterocycles. The van der Waals surface area contributed by atoms with Gasteiger partial charge in [-0.2, -0.15) is 13.2 Å². The molecule has 1 aromatic carbocycles. The Labute approximate surface area is 120 Å². The van der Waals surface area contributed by atoms with Gasteiger partial charge in [0.1, 0.15) is 11.5 Å². The molecule has 114 valence electrons. The summed E-state index contributed by atoms with van der Waals surface area (Å²) >= 11 is 0.674. The molecule has 0 saturated carbocycles. The minimum atomic E-state index is -4.23. The van der Waals surface area contributed by atoms with E-state index in [2.05, 4.69) is 0 Å². The van der Waals surface area contributed by atoms with Crippen LogP contribution in [-0.2, 0) is 6.42 Å². The lowest BCUT2D eigenvalue weighted by atomic mass is 10.1. The summed E-state index contributed by atoms with van der Waals surface area (Å²) < 4.78 is 47.3. The average Bonchev–Trinajstić information content (AvgIpc) is 2.34. The number of hydrogen-bond acceptors (Lipinski definition) is 4. The van der Waals surface area contributed by atoms with E-state index in [0.717, 1.165) is 5.56 Å². The highest BCUT2D eigenvalue weighted by Gasteiger charge is 2.28. The van der Waals surface area contributed by atoms with E-state index in [1.165, 1.54) is 14.2 Å². The van der Waals surface area contributed by atoms with Crippen LogP contribution >= 0.6 is 11.8 Å². The van der Waals surface area contributed by atoms with Crippen molar-refractivity contribution >= 4 is 11.8 Å². The van der Waals surface area contributed by atoms with Crippen LogP contribution in [0.2, 0.25) is 0 Å². The topological polar surface area (TPSA) is 44.5 Å². The van der Waals surface area contributed by atoms with Crippen LogP contribution in [0.5, 0.6) is 11.5 Å². The predicted octanol–water partition coefficient (Wildman–Crippen LogP) is 3.25. The molecular formula is C13H18F3NO2S. The van der Waals surface area contributed by atoms with Gasteiger partial charge in [0.25, 0.3) is 0 Å². The van der Waals surface area contributed by atoms with E-state index in [4.69, 9.17) is 15.2 Å². The smallest absolute Gasteiger partial charge is 0.398 e. The first kappa shape index (κ1) is 17.0. The third-order valence-electron chi connectivity index (χ3n) is 2.50. The molecule has 0 aliphatic carbocycles. The number of thioether (sulfide) groups is 1. The van der Waals surface area contributed by atoms with Gasteiger partial charge >= 0.3 is 6.18 Å². The Morgan fingerprint density at radius 2 is 1.80 bits per heavy atom. The van der Waals surface area contributed by atoms with Crippen LogP contribution in [0.4, 0.5) is 13.2 Å². The highest BCUT2D eigenvalue weighted by atomic mass is 32.2. The molecule has 0 fully saturated rings. The van der Waals surface area contributed by atoms with Gasteiger partial charge in [-0.05, 0) is 31.0 Å². The lowest BCUT2D eigenvalue weighted by Gasteiger charge is -2.16. The van der Waals surface area contributed by atoms with Crippen molar-refractivity contribution in [2.24, 2.45) is 5.73 Å². The van der Waals surface area contributed by atoms with Gasteiger partial charge in [0.2, 0.25) is 0 Å². The average molecular weight is 309 g/mol. The maximum atomic E-state index is 12.3. The summed E-state index contributed by atoms with van der Waals surface area (Å²) in [4.78, 5) is 0.398. The maximum Gasteiger partial charge on any atom is 0.398 e.